The lowest BCUT2D eigenvalue weighted by molar-refractivity contribution is 0.261. The Morgan fingerprint density at radius 1 is 0.444 bits per heavy atom. The zero-order valence-electron chi connectivity index (χ0n) is 35.1. The van der Waals surface area contributed by atoms with Crippen LogP contribution in [0.4, 0.5) is 52.9 Å². The first-order valence-electron chi connectivity index (χ1n) is 19.8. The molecular formula is C47H63FN12O3. The van der Waals surface area contributed by atoms with E-state index in [0.717, 1.165) is 84.4 Å². The van der Waals surface area contributed by atoms with Crippen LogP contribution in [0.3, 0.4) is 0 Å². The lowest BCUT2D eigenvalue weighted by Gasteiger charge is -2.09. The van der Waals surface area contributed by atoms with Crippen molar-refractivity contribution in [1.82, 2.24) is 29.9 Å². The van der Waals surface area contributed by atoms with Crippen LogP contribution in [-0.4, -0.2) is 48.0 Å². The quantitative estimate of drug-likeness (QED) is 0.0793. The van der Waals surface area contributed by atoms with Crippen molar-refractivity contribution < 1.29 is 31.6 Å². The number of aromatic amines is 3. The Morgan fingerprint density at radius 2 is 0.841 bits per heavy atom. The summed E-state index contributed by atoms with van der Waals surface area (Å²) in [5, 5.41) is 16.5. The number of para-hydroxylation sites is 1. The maximum Gasteiger partial charge on any atom is 0.323 e. The van der Waals surface area contributed by atoms with Gasteiger partial charge in [-0.15, -0.1) is 0 Å². The number of halogens is 1. The Balaban J connectivity index is -0.000000934. The molecule has 0 aliphatic heterocycles. The van der Waals surface area contributed by atoms with E-state index in [9.17, 15) is 18.8 Å². The fraction of sp³-hybridized carbons (Fsp3) is 0.106. The monoisotopic (exact) mass is 863 g/mol. The Kier molecular flexibility index (Phi) is 13.0. The number of nitrogens with one attached hydrogen (secondary N) is 9. The first-order valence-corrected chi connectivity index (χ1v) is 19.8. The maximum absolute atomic E-state index is 13.0. The molecule has 0 saturated heterocycles. The second-order valence-corrected chi connectivity index (χ2v) is 14.6. The van der Waals surface area contributed by atoms with E-state index in [4.69, 9.17) is 0 Å². The number of rotatable bonds is 6. The Bertz CT molecular complexity index is 2980. The van der Waals surface area contributed by atoms with Gasteiger partial charge in [-0.3, -0.25) is 0 Å². The summed E-state index contributed by atoms with van der Waals surface area (Å²) in [6, 6.07) is 36.6. The van der Waals surface area contributed by atoms with Gasteiger partial charge in [0.2, 0.25) is 0 Å². The van der Waals surface area contributed by atoms with Gasteiger partial charge in [0.25, 0.3) is 0 Å². The van der Waals surface area contributed by atoms with Crippen molar-refractivity contribution in [3.63, 3.8) is 0 Å². The highest BCUT2D eigenvalue weighted by atomic mass is 19.1. The lowest BCUT2D eigenvalue weighted by Crippen LogP contribution is -2.19. The predicted octanol–water partition coefficient (Wildman–Crippen LogP) is 13.5. The zero-order chi connectivity index (χ0) is 44.5. The minimum atomic E-state index is -0.434. The van der Waals surface area contributed by atoms with Gasteiger partial charge in [-0.2, -0.15) is 0 Å². The highest BCUT2D eigenvalue weighted by molar-refractivity contribution is 6.02. The van der Waals surface area contributed by atoms with Crippen molar-refractivity contribution >= 4 is 85.3 Å². The number of urea groups is 3. The number of aromatic nitrogens is 6. The largest absolute Gasteiger partial charge is 0.342 e. The number of carbonyl (C=O) groups is 3. The standard InChI is InChI=1S/2C16H16N4O.C15H13FN4O.9H2/c1-10-4-3-5-12(8-10)19-16(21)20-13-6-7-14-15(9-13)18-11(2)17-14;1-10-5-3-4-6-13(10)20-16(21)19-12-7-8-14-15(9-12)18-11(2)17-14;1-9-17-13-6-5-12(8-14(13)18-9)20-15(21)19-11-4-2-3-10(16)7-11;;;;;;;;;/h2*3-9H,1-2H3,(H,17,18)(H2,19,20,21);2-8H,1H3,(H,17,18)(H2,19,20,21);9*1H. The van der Waals surface area contributed by atoms with Crippen molar-refractivity contribution in [3.05, 3.63) is 162 Å². The lowest BCUT2D eigenvalue weighted by atomic mass is 10.2. The highest BCUT2D eigenvalue weighted by Gasteiger charge is 2.09. The first-order chi connectivity index (χ1) is 30.3. The van der Waals surface area contributed by atoms with Gasteiger partial charge in [0.1, 0.15) is 23.3 Å². The van der Waals surface area contributed by atoms with Crippen molar-refractivity contribution in [2.24, 2.45) is 0 Å². The van der Waals surface area contributed by atoms with Crippen LogP contribution < -0.4 is 31.9 Å². The summed E-state index contributed by atoms with van der Waals surface area (Å²) in [6.07, 6.45) is 0. The molecule has 9 aromatic rings. The number of nitrogens with zero attached hydrogens (tertiary/aromatic N) is 3. The van der Waals surface area contributed by atoms with Crippen molar-refractivity contribution in [3.8, 4) is 0 Å². The third kappa shape index (κ3) is 11.8. The molecule has 0 atom stereocenters. The van der Waals surface area contributed by atoms with Gasteiger partial charge in [0.05, 0.1) is 33.1 Å². The van der Waals surface area contributed by atoms with E-state index < -0.39 is 11.8 Å². The van der Waals surface area contributed by atoms with E-state index in [1.807, 2.05) is 126 Å². The molecule has 6 amide bonds. The molecule has 9 N–H and O–H groups in total. The molecule has 9 rings (SSSR count). The number of carbonyl (C=O) groups excluding carboxylic acids is 3. The summed E-state index contributed by atoms with van der Waals surface area (Å²) in [5.74, 6) is 2.12. The highest BCUT2D eigenvalue weighted by Crippen LogP contribution is 2.21. The van der Waals surface area contributed by atoms with Gasteiger partial charge >= 0.3 is 18.1 Å². The van der Waals surface area contributed by atoms with Crippen LogP contribution in [0.5, 0.6) is 0 Å². The van der Waals surface area contributed by atoms with Crippen LogP contribution in [0.1, 0.15) is 41.4 Å². The number of amides is 6. The summed E-state index contributed by atoms with van der Waals surface area (Å²) in [6.45, 7) is 9.60. The van der Waals surface area contributed by atoms with Crippen LogP contribution in [0.15, 0.2) is 127 Å². The van der Waals surface area contributed by atoms with Crippen molar-refractivity contribution in [2.45, 2.75) is 34.6 Å². The number of hydrogen-bond acceptors (Lipinski definition) is 6. The van der Waals surface area contributed by atoms with E-state index in [0.29, 0.717) is 11.4 Å². The molecule has 0 radical (unpaired) electrons. The number of hydrogen-bond donors (Lipinski definition) is 9. The van der Waals surface area contributed by atoms with Crippen molar-refractivity contribution in [1.29, 1.82) is 0 Å². The van der Waals surface area contributed by atoms with Crippen molar-refractivity contribution in [2.75, 3.05) is 31.9 Å². The molecule has 0 aliphatic rings. The molecule has 0 fully saturated rings. The number of anilines is 6. The molecule has 3 aromatic heterocycles. The summed E-state index contributed by atoms with van der Waals surface area (Å²) >= 11 is 0. The van der Waals surface area contributed by atoms with Gasteiger partial charge in [-0.25, -0.2) is 33.7 Å². The molecule has 3 heterocycles. The molecule has 0 unspecified atom stereocenters. The van der Waals surface area contributed by atoms with Gasteiger partial charge in [-0.1, -0.05) is 36.4 Å². The zero-order valence-corrected chi connectivity index (χ0v) is 35.1. The van der Waals surface area contributed by atoms with Gasteiger partial charge in [0, 0.05) is 47.0 Å². The normalized spacial score (nSPS) is 10.6. The summed E-state index contributed by atoms with van der Waals surface area (Å²) < 4.78 is 13.0. The Labute approximate surface area is 374 Å². The molecule has 336 valence electrons. The Morgan fingerprint density at radius 3 is 1.27 bits per heavy atom. The molecule has 0 bridgehead atoms. The average Bonchev–Trinajstić information content (AvgIpc) is 3.92. The molecule has 15 nitrogen and oxygen atoms in total. The van der Waals surface area contributed by atoms with Gasteiger partial charge in [0.15, 0.2) is 0 Å². The fourth-order valence-electron chi connectivity index (χ4n) is 6.52. The first kappa shape index (κ1) is 42.6. The van der Waals surface area contributed by atoms with E-state index in [1.165, 1.54) is 18.2 Å². The third-order valence-corrected chi connectivity index (χ3v) is 9.33. The summed E-state index contributed by atoms with van der Waals surface area (Å²) in [5.41, 5.74) is 11.4. The number of imidazole rings is 3. The minimum Gasteiger partial charge on any atom is -0.342 e. The van der Waals surface area contributed by atoms with E-state index in [-0.39, 0.29) is 24.9 Å². The topological polar surface area (TPSA) is 209 Å². The van der Waals surface area contributed by atoms with Gasteiger partial charge < -0.3 is 46.9 Å². The number of fused-ring (bicyclic) bond motifs is 3. The second kappa shape index (κ2) is 19.2. The molecule has 0 aliphatic carbocycles. The minimum absolute atomic E-state index is 0. The van der Waals surface area contributed by atoms with Crippen LogP contribution >= 0.6 is 0 Å². The number of aryl methyl sites for hydroxylation is 5. The summed E-state index contributed by atoms with van der Waals surface area (Å²) in [7, 11) is 0. The SMILES string of the molecule is Cc1cccc(NC(=O)Nc2ccc3nc(C)[nH]c3c2)c1.Cc1nc2ccc(NC(=O)Nc3cccc(F)c3)cc2[nH]1.Cc1nc2ccc(NC(=O)Nc3ccccc3C)cc2[nH]1.[HH].[HH].[HH].[HH].[HH].[HH].[HH].[HH].[HH]. The van der Waals surface area contributed by atoms with Crippen LogP contribution in [0, 0.1) is 40.4 Å². The van der Waals surface area contributed by atoms with E-state index in [2.05, 4.69) is 61.8 Å². The van der Waals surface area contributed by atoms with E-state index in [1.54, 1.807) is 18.2 Å². The fourth-order valence-corrected chi connectivity index (χ4v) is 6.52. The predicted molar refractivity (Wildman–Crippen MR) is 268 cm³/mol. The van der Waals surface area contributed by atoms with Crippen LogP contribution in [0.25, 0.3) is 33.1 Å². The van der Waals surface area contributed by atoms with Crippen LogP contribution in [0.2, 0.25) is 0 Å². The van der Waals surface area contributed by atoms with E-state index >= 15 is 0 Å². The molecule has 0 saturated carbocycles. The molecule has 16 heteroatoms. The molecule has 63 heavy (non-hydrogen) atoms. The molecule has 0 spiro atoms. The van der Waals surface area contributed by atoms with Gasteiger partial charge in [-0.05, 0) is 137 Å². The molecule has 6 aromatic carbocycles. The van der Waals surface area contributed by atoms with Crippen LogP contribution in [-0.2, 0) is 0 Å². The third-order valence-electron chi connectivity index (χ3n) is 9.33. The number of benzene rings is 6. The maximum atomic E-state index is 13.0. The second-order valence-electron chi connectivity index (χ2n) is 14.6. The summed E-state index contributed by atoms with van der Waals surface area (Å²) in [4.78, 5) is 58.2. The number of H-pyrrole nitrogens is 3. The Hall–Kier alpha value is -8.53. The smallest absolute Gasteiger partial charge is 0.323 e. The average molecular weight is 863 g/mol. The molecular weight excluding hydrogens is 800 g/mol.